The maximum absolute atomic E-state index is 12.6. The van der Waals surface area contributed by atoms with Crippen LogP contribution in [0.3, 0.4) is 0 Å². The second-order valence-corrected chi connectivity index (χ2v) is 4.99. The number of hydrogen-bond acceptors (Lipinski definition) is 2. The molecule has 0 saturated carbocycles. The number of aromatic carboxylic acids is 1. The fraction of sp³-hybridized carbons (Fsp3) is 0.111. The first-order chi connectivity index (χ1) is 10.6. The van der Waals surface area contributed by atoms with Gasteiger partial charge in [-0.15, -0.1) is 0 Å². The molecule has 2 aromatic carbocycles. The summed E-state index contributed by atoms with van der Waals surface area (Å²) in [5.74, 6) is -1.20. The van der Waals surface area contributed by atoms with E-state index in [2.05, 4.69) is 0 Å². The Morgan fingerprint density at radius 3 is 2.32 bits per heavy atom. The number of benzene rings is 2. The molecule has 0 aliphatic rings. The predicted octanol–water partition coefficient (Wildman–Crippen LogP) is 3.39. The van der Waals surface area contributed by atoms with Crippen LogP contribution in [0.4, 0.5) is 0 Å². The van der Waals surface area contributed by atoms with E-state index >= 15 is 0 Å². The van der Waals surface area contributed by atoms with Crippen LogP contribution in [0, 0.1) is 0 Å². The van der Waals surface area contributed by atoms with Gasteiger partial charge in [0.1, 0.15) is 5.56 Å². The van der Waals surface area contributed by atoms with E-state index in [1.54, 1.807) is 12.1 Å². The van der Waals surface area contributed by atoms with Crippen LogP contribution >= 0.6 is 0 Å². The fourth-order valence-electron chi connectivity index (χ4n) is 2.82. The van der Waals surface area contributed by atoms with E-state index in [9.17, 15) is 14.7 Å². The van der Waals surface area contributed by atoms with Crippen molar-refractivity contribution in [1.29, 1.82) is 0 Å². The summed E-state index contributed by atoms with van der Waals surface area (Å²) in [6.45, 7) is 2.51. The first-order valence-corrected chi connectivity index (χ1v) is 7.09. The molecule has 0 amide bonds. The summed E-state index contributed by atoms with van der Waals surface area (Å²) in [6.07, 6.45) is 0. The number of pyridine rings is 1. The molecule has 0 saturated heterocycles. The normalized spacial score (nSPS) is 10.8. The zero-order valence-corrected chi connectivity index (χ0v) is 12.1. The molecular weight excluding hydrogens is 278 g/mol. The van der Waals surface area contributed by atoms with Crippen molar-refractivity contribution in [1.82, 2.24) is 4.57 Å². The molecule has 1 heterocycles. The summed E-state index contributed by atoms with van der Waals surface area (Å²) >= 11 is 0. The van der Waals surface area contributed by atoms with Gasteiger partial charge in [-0.3, -0.25) is 4.79 Å². The average Bonchev–Trinajstić information content (AvgIpc) is 2.55. The first kappa shape index (κ1) is 14.1. The smallest absolute Gasteiger partial charge is 0.341 e. The van der Waals surface area contributed by atoms with Crippen LogP contribution in [0.15, 0.2) is 59.4 Å². The molecule has 3 rings (SSSR count). The number of aryl methyl sites for hydroxylation is 1. The molecule has 1 aromatic heterocycles. The van der Waals surface area contributed by atoms with Gasteiger partial charge in [0.15, 0.2) is 0 Å². The number of fused-ring (bicyclic) bond motifs is 1. The van der Waals surface area contributed by atoms with Crippen LogP contribution in [0.5, 0.6) is 0 Å². The van der Waals surface area contributed by atoms with Crippen LogP contribution in [0.25, 0.3) is 22.2 Å². The summed E-state index contributed by atoms with van der Waals surface area (Å²) in [5, 5.41) is 10.0. The number of carbonyl (C=O) groups is 1. The molecule has 0 fully saturated rings. The number of hydrogen-bond donors (Lipinski definition) is 1. The van der Waals surface area contributed by atoms with E-state index in [1.165, 1.54) is 0 Å². The number of para-hydroxylation sites is 1. The highest BCUT2D eigenvalue weighted by Crippen LogP contribution is 2.26. The van der Waals surface area contributed by atoms with Crippen molar-refractivity contribution in [2.24, 2.45) is 0 Å². The zero-order valence-electron chi connectivity index (χ0n) is 12.1. The Bertz CT molecular complexity index is 911. The number of aromatic nitrogens is 1. The van der Waals surface area contributed by atoms with Gasteiger partial charge in [0, 0.05) is 11.9 Å². The third-order valence-corrected chi connectivity index (χ3v) is 3.75. The van der Waals surface area contributed by atoms with E-state index in [0.717, 1.165) is 11.1 Å². The third kappa shape index (κ3) is 2.09. The molecule has 4 nitrogen and oxygen atoms in total. The van der Waals surface area contributed by atoms with Crippen molar-refractivity contribution in [2.45, 2.75) is 13.5 Å². The van der Waals surface area contributed by atoms with E-state index in [0.29, 0.717) is 17.6 Å². The molecule has 22 heavy (non-hydrogen) atoms. The summed E-state index contributed by atoms with van der Waals surface area (Å²) in [6, 6.07) is 16.3. The maximum atomic E-state index is 12.6. The maximum Gasteiger partial charge on any atom is 0.341 e. The molecule has 1 N–H and O–H groups in total. The van der Waals surface area contributed by atoms with Gasteiger partial charge in [0.2, 0.25) is 5.43 Å². The molecule has 0 bridgehead atoms. The number of rotatable bonds is 3. The lowest BCUT2D eigenvalue weighted by atomic mass is 10.0. The van der Waals surface area contributed by atoms with Gasteiger partial charge in [-0.1, -0.05) is 42.5 Å². The second kappa shape index (κ2) is 5.48. The standard InChI is InChI=1S/C18H15NO3/c1-2-19-14-11-7-6-10-13(14)17(20)15(18(21)22)16(19)12-8-4-3-5-9-12/h3-11H,2H2,1H3,(H,21,22). The molecule has 4 heteroatoms. The molecule has 0 aliphatic carbocycles. The van der Waals surface area contributed by atoms with E-state index in [4.69, 9.17) is 0 Å². The minimum Gasteiger partial charge on any atom is -0.477 e. The molecule has 0 atom stereocenters. The van der Waals surface area contributed by atoms with Gasteiger partial charge in [-0.2, -0.15) is 0 Å². The Hall–Kier alpha value is -2.88. The molecule has 0 aliphatic heterocycles. The van der Waals surface area contributed by atoms with Crippen molar-refractivity contribution in [3.63, 3.8) is 0 Å². The summed E-state index contributed by atoms with van der Waals surface area (Å²) < 4.78 is 1.88. The average molecular weight is 293 g/mol. The highest BCUT2D eigenvalue weighted by Gasteiger charge is 2.22. The highest BCUT2D eigenvalue weighted by atomic mass is 16.4. The topological polar surface area (TPSA) is 59.3 Å². The monoisotopic (exact) mass is 293 g/mol. The minimum absolute atomic E-state index is 0.174. The van der Waals surface area contributed by atoms with E-state index < -0.39 is 11.4 Å². The first-order valence-electron chi connectivity index (χ1n) is 7.09. The van der Waals surface area contributed by atoms with Crippen molar-refractivity contribution in [2.75, 3.05) is 0 Å². The van der Waals surface area contributed by atoms with Gasteiger partial charge in [0.25, 0.3) is 0 Å². The third-order valence-electron chi connectivity index (χ3n) is 3.75. The van der Waals surface area contributed by atoms with Crippen LogP contribution in [-0.4, -0.2) is 15.6 Å². The van der Waals surface area contributed by atoms with Gasteiger partial charge < -0.3 is 9.67 Å². The number of carboxylic acids is 1. The Balaban J connectivity index is 2.56. The predicted molar refractivity (Wildman–Crippen MR) is 86.3 cm³/mol. The Labute approximate surface area is 127 Å². The molecular formula is C18H15NO3. The lowest BCUT2D eigenvalue weighted by Crippen LogP contribution is -2.22. The van der Waals surface area contributed by atoms with Gasteiger partial charge >= 0.3 is 5.97 Å². The van der Waals surface area contributed by atoms with Crippen molar-refractivity contribution >= 4 is 16.9 Å². The minimum atomic E-state index is -1.20. The van der Waals surface area contributed by atoms with Gasteiger partial charge in [0.05, 0.1) is 11.2 Å². The van der Waals surface area contributed by atoms with Crippen molar-refractivity contribution < 1.29 is 9.90 Å². The lowest BCUT2D eigenvalue weighted by Gasteiger charge is -2.18. The van der Waals surface area contributed by atoms with Gasteiger partial charge in [-0.25, -0.2) is 4.79 Å². The largest absolute Gasteiger partial charge is 0.477 e. The Kier molecular flexibility index (Phi) is 3.51. The molecule has 0 unspecified atom stereocenters. The van der Waals surface area contributed by atoms with Crippen LogP contribution < -0.4 is 5.43 Å². The Morgan fingerprint density at radius 1 is 1.05 bits per heavy atom. The lowest BCUT2D eigenvalue weighted by molar-refractivity contribution is 0.0696. The molecule has 110 valence electrons. The van der Waals surface area contributed by atoms with E-state index in [-0.39, 0.29) is 5.56 Å². The second-order valence-electron chi connectivity index (χ2n) is 4.99. The molecule has 0 radical (unpaired) electrons. The zero-order chi connectivity index (χ0) is 15.7. The Morgan fingerprint density at radius 2 is 1.68 bits per heavy atom. The van der Waals surface area contributed by atoms with E-state index in [1.807, 2.05) is 54.0 Å². The van der Waals surface area contributed by atoms with Crippen molar-refractivity contribution in [3.8, 4) is 11.3 Å². The number of carboxylic acid groups (broad SMARTS) is 1. The van der Waals surface area contributed by atoms with Gasteiger partial charge in [-0.05, 0) is 24.6 Å². The van der Waals surface area contributed by atoms with Crippen LogP contribution in [0.2, 0.25) is 0 Å². The quantitative estimate of drug-likeness (QED) is 0.805. The SMILES string of the molecule is CCn1c(-c2ccccc2)c(C(=O)O)c(=O)c2ccccc21. The number of nitrogens with zero attached hydrogens (tertiary/aromatic N) is 1. The van der Waals surface area contributed by atoms with Crippen molar-refractivity contribution in [3.05, 3.63) is 70.4 Å². The highest BCUT2D eigenvalue weighted by molar-refractivity contribution is 5.99. The summed E-state index contributed by atoms with van der Waals surface area (Å²) in [7, 11) is 0. The van der Waals surface area contributed by atoms with Crippen LogP contribution in [-0.2, 0) is 6.54 Å². The molecule has 3 aromatic rings. The molecule has 0 spiro atoms. The fourth-order valence-corrected chi connectivity index (χ4v) is 2.82. The summed E-state index contributed by atoms with van der Waals surface area (Å²) in [5.41, 5.74) is 1.32. The van der Waals surface area contributed by atoms with Crippen LogP contribution in [0.1, 0.15) is 17.3 Å². The summed E-state index contributed by atoms with van der Waals surface area (Å²) in [4.78, 5) is 24.4.